The molecule has 1 saturated heterocycles. The molecule has 0 saturated carbocycles. The summed E-state index contributed by atoms with van der Waals surface area (Å²) >= 11 is 0. The van der Waals surface area contributed by atoms with Gasteiger partial charge in [-0.1, -0.05) is 30.3 Å². The molecule has 1 N–H and O–H groups in total. The zero-order chi connectivity index (χ0) is 21.4. The van der Waals surface area contributed by atoms with E-state index in [9.17, 15) is 14.4 Å². The second kappa shape index (κ2) is 10.1. The molecule has 9 nitrogen and oxygen atoms in total. The predicted octanol–water partition coefficient (Wildman–Crippen LogP) is 1.96. The number of benzene rings is 1. The van der Waals surface area contributed by atoms with Crippen molar-refractivity contribution in [1.29, 1.82) is 0 Å². The fraction of sp³-hybridized carbons (Fsp3) is 0.550. The maximum absolute atomic E-state index is 12.6. The molecule has 0 aliphatic carbocycles. The van der Waals surface area contributed by atoms with Crippen LogP contribution >= 0.6 is 0 Å². The van der Waals surface area contributed by atoms with E-state index in [1.54, 1.807) is 20.8 Å². The fourth-order valence-corrected chi connectivity index (χ4v) is 2.78. The maximum atomic E-state index is 12.6. The first kappa shape index (κ1) is 22.5. The van der Waals surface area contributed by atoms with Gasteiger partial charge in [0.1, 0.15) is 25.0 Å². The zero-order valence-corrected chi connectivity index (χ0v) is 17.3. The zero-order valence-electron chi connectivity index (χ0n) is 17.3. The van der Waals surface area contributed by atoms with E-state index >= 15 is 0 Å². The Morgan fingerprint density at radius 3 is 2.41 bits per heavy atom. The Balaban J connectivity index is 2.06. The van der Waals surface area contributed by atoms with E-state index in [1.807, 2.05) is 30.3 Å². The minimum atomic E-state index is -0.908. The molecule has 1 aromatic rings. The second-order valence-corrected chi connectivity index (χ2v) is 7.65. The van der Waals surface area contributed by atoms with Gasteiger partial charge >= 0.3 is 12.2 Å². The van der Waals surface area contributed by atoms with E-state index in [1.165, 1.54) is 16.9 Å². The number of nitrogens with zero attached hydrogens (tertiary/aromatic N) is 2. The number of hydrogen-bond donors (Lipinski definition) is 1. The van der Waals surface area contributed by atoms with Crippen LogP contribution in [0.15, 0.2) is 30.3 Å². The van der Waals surface area contributed by atoms with E-state index < -0.39 is 29.7 Å². The van der Waals surface area contributed by atoms with Gasteiger partial charge in [-0.2, -0.15) is 0 Å². The number of rotatable bonds is 5. The van der Waals surface area contributed by atoms with Gasteiger partial charge in [0.15, 0.2) is 0 Å². The smallest absolute Gasteiger partial charge is 0.410 e. The molecule has 2 rings (SSSR count). The number of nitrogens with one attached hydrogen (secondary N) is 1. The van der Waals surface area contributed by atoms with Crippen molar-refractivity contribution >= 4 is 18.1 Å². The Morgan fingerprint density at radius 1 is 1.10 bits per heavy atom. The van der Waals surface area contributed by atoms with Gasteiger partial charge < -0.3 is 24.4 Å². The molecule has 1 heterocycles. The van der Waals surface area contributed by atoms with Gasteiger partial charge in [-0.25, -0.2) is 9.59 Å². The molecule has 0 unspecified atom stereocenters. The normalized spacial score (nSPS) is 16.9. The Kier molecular flexibility index (Phi) is 7.83. The molecule has 1 aliphatic heterocycles. The van der Waals surface area contributed by atoms with Crippen LogP contribution in [0.3, 0.4) is 0 Å². The lowest BCUT2D eigenvalue weighted by Gasteiger charge is -2.40. The molecule has 160 valence electrons. The van der Waals surface area contributed by atoms with Crippen molar-refractivity contribution in [3.05, 3.63) is 35.9 Å². The molecule has 1 fully saturated rings. The van der Waals surface area contributed by atoms with E-state index in [0.29, 0.717) is 0 Å². The van der Waals surface area contributed by atoms with Crippen molar-refractivity contribution in [2.75, 3.05) is 33.5 Å². The molecule has 1 atom stereocenters. The lowest BCUT2D eigenvalue weighted by atomic mass is 10.1. The van der Waals surface area contributed by atoms with Gasteiger partial charge in [0, 0.05) is 20.2 Å². The number of amides is 3. The summed E-state index contributed by atoms with van der Waals surface area (Å²) in [6, 6.07) is 8.35. The number of ether oxygens (including phenoxy) is 3. The lowest BCUT2D eigenvalue weighted by molar-refractivity contribution is -0.129. The molecule has 29 heavy (non-hydrogen) atoms. The summed E-state index contributed by atoms with van der Waals surface area (Å²) in [5.41, 5.74) is 0.185. The second-order valence-electron chi connectivity index (χ2n) is 7.65. The van der Waals surface area contributed by atoms with Crippen LogP contribution < -0.4 is 5.32 Å². The molecule has 0 bridgehead atoms. The summed E-state index contributed by atoms with van der Waals surface area (Å²) in [5, 5.41) is 2.58. The van der Waals surface area contributed by atoms with Crippen LogP contribution in [0, 0.1) is 0 Å². The first-order chi connectivity index (χ1) is 13.7. The fourth-order valence-electron chi connectivity index (χ4n) is 2.78. The average Bonchev–Trinajstić information content (AvgIpc) is 2.69. The standard InChI is InChI=1S/C20H29N3O6/c1-20(2,3)29-18(25)22-10-11-23(16(12-22)17(24)21-14-27-4)19(26)28-13-15-8-6-5-7-9-15/h5-9,16H,10-14H2,1-4H3,(H,21,24)/t16-/m0/s1. The summed E-state index contributed by atoms with van der Waals surface area (Å²) in [6.45, 7) is 5.79. The number of hydrogen-bond acceptors (Lipinski definition) is 6. The quantitative estimate of drug-likeness (QED) is 0.750. The van der Waals surface area contributed by atoms with Gasteiger partial charge in [-0.15, -0.1) is 0 Å². The SMILES string of the molecule is COCNC(=O)[C@@H]1CN(C(=O)OC(C)(C)C)CCN1C(=O)OCc1ccccc1. The van der Waals surface area contributed by atoms with Gasteiger partial charge in [-0.05, 0) is 26.3 Å². The Bertz CT molecular complexity index is 704. The van der Waals surface area contributed by atoms with E-state index in [0.717, 1.165) is 5.56 Å². The van der Waals surface area contributed by atoms with Crippen LogP contribution in [-0.4, -0.2) is 73.0 Å². The monoisotopic (exact) mass is 407 g/mol. The van der Waals surface area contributed by atoms with Crippen molar-refractivity contribution in [1.82, 2.24) is 15.1 Å². The predicted molar refractivity (Wildman–Crippen MR) is 105 cm³/mol. The van der Waals surface area contributed by atoms with Crippen LogP contribution in [0.25, 0.3) is 0 Å². The molecule has 0 spiro atoms. The number of piperazine rings is 1. The third-order valence-electron chi connectivity index (χ3n) is 4.17. The molecule has 3 amide bonds. The summed E-state index contributed by atoms with van der Waals surface area (Å²) in [5.74, 6) is -0.434. The first-order valence-electron chi connectivity index (χ1n) is 9.43. The Labute approximate surface area is 170 Å². The number of methoxy groups -OCH3 is 1. The lowest BCUT2D eigenvalue weighted by Crippen LogP contribution is -2.62. The minimum absolute atomic E-state index is 0.00486. The molecule has 1 aliphatic rings. The highest BCUT2D eigenvalue weighted by molar-refractivity contribution is 5.86. The largest absolute Gasteiger partial charge is 0.445 e. The highest BCUT2D eigenvalue weighted by atomic mass is 16.6. The van der Waals surface area contributed by atoms with Crippen LogP contribution in [0.4, 0.5) is 9.59 Å². The van der Waals surface area contributed by atoms with Crippen molar-refractivity contribution in [3.8, 4) is 0 Å². The third kappa shape index (κ3) is 6.94. The van der Waals surface area contributed by atoms with Crippen molar-refractivity contribution in [2.24, 2.45) is 0 Å². The van der Waals surface area contributed by atoms with Crippen LogP contribution in [0.2, 0.25) is 0 Å². The Hall–Kier alpha value is -2.81. The summed E-state index contributed by atoms with van der Waals surface area (Å²) < 4.78 is 15.6. The van der Waals surface area contributed by atoms with Gasteiger partial charge in [0.05, 0.1) is 6.54 Å². The summed E-state index contributed by atoms with van der Waals surface area (Å²) in [4.78, 5) is 40.3. The van der Waals surface area contributed by atoms with Crippen LogP contribution in [-0.2, 0) is 25.6 Å². The van der Waals surface area contributed by atoms with E-state index in [4.69, 9.17) is 14.2 Å². The Morgan fingerprint density at radius 2 is 1.79 bits per heavy atom. The molecular weight excluding hydrogens is 378 g/mol. The highest BCUT2D eigenvalue weighted by Gasteiger charge is 2.39. The van der Waals surface area contributed by atoms with Crippen molar-refractivity contribution < 1.29 is 28.6 Å². The summed E-state index contributed by atoms with van der Waals surface area (Å²) in [6.07, 6.45) is -1.14. The van der Waals surface area contributed by atoms with E-state index in [2.05, 4.69) is 5.32 Å². The van der Waals surface area contributed by atoms with Crippen molar-refractivity contribution in [2.45, 2.75) is 39.0 Å². The molecule has 1 aromatic carbocycles. The summed E-state index contributed by atoms with van der Waals surface area (Å²) in [7, 11) is 1.44. The average molecular weight is 407 g/mol. The first-order valence-corrected chi connectivity index (χ1v) is 9.43. The van der Waals surface area contributed by atoms with Crippen LogP contribution in [0.1, 0.15) is 26.3 Å². The number of carbonyl (C=O) groups is 3. The third-order valence-corrected chi connectivity index (χ3v) is 4.17. The number of carbonyl (C=O) groups excluding carboxylic acids is 3. The van der Waals surface area contributed by atoms with E-state index in [-0.39, 0.29) is 33.0 Å². The van der Waals surface area contributed by atoms with Gasteiger partial charge in [0.2, 0.25) is 5.91 Å². The molecule has 0 radical (unpaired) electrons. The van der Waals surface area contributed by atoms with Gasteiger partial charge in [0.25, 0.3) is 0 Å². The molecule has 0 aromatic heterocycles. The van der Waals surface area contributed by atoms with Gasteiger partial charge in [-0.3, -0.25) is 9.69 Å². The highest BCUT2D eigenvalue weighted by Crippen LogP contribution is 2.17. The minimum Gasteiger partial charge on any atom is -0.445 e. The molecule has 9 heteroatoms. The van der Waals surface area contributed by atoms with Crippen molar-refractivity contribution in [3.63, 3.8) is 0 Å². The van der Waals surface area contributed by atoms with Crippen LogP contribution in [0.5, 0.6) is 0 Å². The maximum Gasteiger partial charge on any atom is 0.410 e. The topological polar surface area (TPSA) is 97.4 Å². The molecular formula is C20H29N3O6.